The zero-order chi connectivity index (χ0) is 14.0. The van der Waals surface area contributed by atoms with Gasteiger partial charge < -0.3 is 14.8 Å². The van der Waals surface area contributed by atoms with Crippen LogP contribution in [0.1, 0.15) is 52.9 Å². The standard InChI is InChI=1S/C11H21NO2.C2H3BrO/c1-11(2,3)14-10(13)12-9-7-5-4-6-8-9;3-1-2-4/h9H,4-8H2,1-3H3,(H,12,13);2H,1H2. The van der Waals surface area contributed by atoms with Crippen LogP contribution in [-0.4, -0.2) is 29.4 Å². The molecule has 1 rings (SSSR count). The number of carbonyl (C=O) groups is 2. The van der Waals surface area contributed by atoms with Crippen LogP contribution in [-0.2, 0) is 9.53 Å². The molecule has 0 spiro atoms. The molecule has 1 aliphatic carbocycles. The van der Waals surface area contributed by atoms with Gasteiger partial charge in [0.2, 0.25) is 0 Å². The van der Waals surface area contributed by atoms with Crippen LogP contribution in [0.25, 0.3) is 0 Å². The Morgan fingerprint density at radius 1 is 1.33 bits per heavy atom. The van der Waals surface area contributed by atoms with Crippen molar-refractivity contribution in [1.29, 1.82) is 0 Å². The van der Waals surface area contributed by atoms with Gasteiger partial charge in [-0.3, -0.25) is 0 Å². The summed E-state index contributed by atoms with van der Waals surface area (Å²) >= 11 is 2.88. The largest absolute Gasteiger partial charge is 0.444 e. The van der Waals surface area contributed by atoms with Gasteiger partial charge in [-0.2, -0.15) is 0 Å². The number of amides is 1. The SMILES string of the molecule is CC(C)(C)OC(=O)NC1CCCCC1.O=CCBr. The Morgan fingerprint density at radius 3 is 2.22 bits per heavy atom. The van der Waals surface area contributed by atoms with Crippen LogP contribution < -0.4 is 5.32 Å². The summed E-state index contributed by atoms with van der Waals surface area (Å²) in [5, 5.41) is 3.37. The number of alkyl halides is 1. The molecule has 0 saturated heterocycles. The van der Waals surface area contributed by atoms with Crippen LogP contribution in [0.3, 0.4) is 0 Å². The van der Waals surface area contributed by atoms with Crippen LogP contribution in [0.4, 0.5) is 4.79 Å². The van der Waals surface area contributed by atoms with E-state index < -0.39 is 5.60 Å². The Hall–Kier alpha value is -0.580. The number of alkyl carbamates (subject to hydrolysis) is 1. The number of hydrogen-bond donors (Lipinski definition) is 1. The summed E-state index contributed by atoms with van der Waals surface area (Å²) in [7, 11) is 0. The second kappa shape index (κ2) is 9.36. The average Bonchev–Trinajstić information content (AvgIpc) is 2.28. The number of halogens is 1. The fraction of sp³-hybridized carbons (Fsp3) is 0.846. The minimum absolute atomic E-state index is 0.274. The Bertz CT molecular complexity index is 245. The van der Waals surface area contributed by atoms with E-state index in [-0.39, 0.29) is 6.09 Å². The summed E-state index contributed by atoms with van der Waals surface area (Å²) in [4.78, 5) is 20.5. The molecule has 1 amide bonds. The Morgan fingerprint density at radius 2 is 1.83 bits per heavy atom. The second-order valence-electron chi connectivity index (χ2n) is 5.30. The van der Waals surface area contributed by atoms with E-state index in [1.54, 1.807) is 0 Å². The minimum atomic E-state index is -0.390. The molecule has 5 heteroatoms. The first-order valence-electron chi connectivity index (χ1n) is 6.38. The Kier molecular flexibility index (Phi) is 9.06. The normalized spacial score (nSPS) is 16.2. The highest BCUT2D eigenvalue weighted by Gasteiger charge is 2.20. The topological polar surface area (TPSA) is 55.4 Å². The van der Waals surface area contributed by atoms with Crippen molar-refractivity contribution < 1.29 is 14.3 Å². The molecule has 0 aliphatic heterocycles. The lowest BCUT2D eigenvalue weighted by Crippen LogP contribution is -2.39. The molecule has 0 atom stereocenters. The molecule has 0 aromatic carbocycles. The van der Waals surface area contributed by atoms with E-state index in [4.69, 9.17) is 9.53 Å². The highest BCUT2D eigenvalue weighted by Crippen LogP contribution is 2.18. The van der Waals surface area contributed by atoms with Gasteiger partial charge in [0.15, 0.2) is 0 Å². The lowest BCUT2D eigenvalue weighted by Gasteiger charge is -2.25. The second-order valence-corrected chi connectivity index (χ2v) is 5.95. The first-order chi connectivity index (χ1) is 8.39. The lowest BCUT2D eigenvalue weighted by atomic mass is 9.96. The molecular weight excluding hydrogens is 298 g/mol. The van der Waals surface area contributed by atoms with E-state index in [1.807, 2.05) is 20.8 Å². The predicted octanol–water partition coefficient (Wildman–Crippen LogP) is 3.42. The third-order valence-corrected chi connectivity index (χ3v) is 2.65. The minimum Gasteiger partial charge on any atom is -0.444 e. The van der Waals surface area contributed by atoms with E-state index >= 15 is 0 Å². The van der Waals surface area contributed by atoms with E-state index in [0.717, 1.165) is 19.1 Å². The van der Waals surface area contributed by atoms with Crippen LogP contribution >= 0.6 is 15.9 Å². The fourth-order valence-electron chi connectivity index (χ4n) is 1.72. The van der Waals surface area contributed by atoms with Crippen molar-refractivity contribution in [3.8, 4) is 0 Å². The van der Waals surface area contributed by atoms with Gasteiger partial charge in [0, 0.05) is 6.04 Å². The van der Waals surface area contributed by atoms with Gasteiger partial charge in [0.1, 0.15) is 11.9 Å². The van der Waals surface area contributed by atoms with Crippen LogP contribution in [0, 0.1) is 0 Å². The van der Waals surface area contributed by atoms with Crippen molar-refractivity contribution in [2.45, 2.75) is 64.5 Å². The van der Waals surface area contributed by atoms with Gasteiger partial charge in [-0.1, -0.05) is 35.2 Å². The molecule has 1 fully saturated rings. The molecule has 106 valence electrons. The van der Waals surface area contributed by atoms with Gasteiger partial charge in [-0.15, -0.1) is 0 Å². The number of ether oxygens (including phenoxy) is 1. The monoisotopic (exact) mass is 321 g/mol. The van der Waals surface area contributed by atoms with Gasteiger partial charge in [-0.05, 0) is 33.6 Å². The van der Waals surface area contributed by atoms with Crippen LogP contribution in [0.2, 0.25) is 0 Å². The van der Waals surface area contributed by atoms with E-state index in [2.05, 4.69) is 21.2 Å². The maximum absolute atomic E-state index is 11.4. The quantitative estimate of drug-likeness (QED) is 0.626. The third kappa shape index (κ3) is 10.6. The highest BCUT2D eigenvalue weighted by atomic mass is 79.9. The number of carbonyl (C=O) groups excluding carboxylic acids is 2. The molecule has 18 heavy (non-hydrogen) atoms. The summed E-state index contributed by atoms with van der Waals surface area (Å²) in [6, 6.07) is 0.332. The first-order valence-corrected chi connectivity index (χ1v) is 7.50. The summed E-state index contributed by atoms with van der Waals surface area (Å²) in [6.07, 6.45) is 6.45. The number of nitrogens with one attached hydrogen (secondary N) is 1. The molecule has 0 aromatic rings. The van der Waals surface area contributed by atoms with Gasteiger partial charge in [0.25, 0.3) is 0 Å². The molecular formula is C13H24BrNO3. The molecule has 0 bridgehead atoms. The number of hydrogen-bond acceptors (Lipinski definition) is 3. The predicted molar refractivity (Wildman–Crippen MR) is 76.1 cm³/mol. The molecule has 0 heterocycles. The van der Waals surface area contributed by atoms with Crippen molar-refractivity contribution in [3.63, 3.8) is 0 Å². The van der Waals surface area contributed by atoms with Gasteiger partial charge in [0.05, 0.1) is 5.33 Å². The molecule has 4 nitrogen and oxygen atoms in total. The highest BCUT2D eigenvalue weighted by molar-refractivity contribution is 9.09. The van der Waals surface area contributed by atoms with Crippen LogP contribution in [0.5, 0.6) is 0 Å². The van der Waals surface area contributed by atoms with E-state index in [9.17, 15) is 4.79 Å². The molecule has 0 unspecified atom stereocenters. The zero-order valence-electron chi connectivity index (χ0n) is 11.5. The van der Waals surface area contributed by atoms with Crippen molar-refractivity contribution in [1.82, 2.24) is 5.32 Å². The van der Waals surface area contributed by atoms with Crippen molar-refractivity contribution in [2.75, 3.05) is 5.33 Å². The zero-order valence-corrected chi connectivity index (χ0v) is 13.1. The molecule has 0 aromatic heterocycles. The molecule has 1 saturated carbocycles. The van der Waals surface area contributed by atoms with Crippen molar-refractivity contribution in [3.05, 3.63) is 0 Å². The third-order valence-electron chi connectivity index (χ3n) is 2.39. The van der Waals surface area contributed by atoms with Crippen molar-refractivity contribution in [2.24, 2.45) is 0 Å². The smallest absolute Gasteiger partial charge is 0.407 e. The average molecular weight is 322 g/mol. The summed E-state index contributed by atoms with van der Waals surface area (Å²) in [6.45, 7) is 5.65. The first kappa shape index (κ1) is 17.4. The lowest BCUT2D eigenvalue weighted by molar-refractivity contribution is -0.105. The summed E-state index contributed by atoms with van der Waals surface area (Å²) < 4.78 is 5.19. The van der Waals surface area contributed by atoms with E-state index in [0.29, 0.717) is 11.4 Å². The number of aldehydes is 1. The molecule has 0 radical (unpaired) electrons. The summed E-state index contributed by atoms with van der Waals surface area (Å²) in [5.41, 5.74) is -0.390. The van der Waals surface area contributed by atoms with Gasteiger partial charge in [-0.25, -0.2) is 4.79 Å². The molecule has 1 N–H and O–H groups in total. The maximum atomic E-state index is 11.4. The Labute approximate surface area is 118 Å². The maximum Gasteiger partial charge on any atom is 0.407 e. The fourth-order valence-corrected chi connectivity index (χ4v) is 1.72. The molecule has 1 aliphatic rings. The van der Waals surface area contributed by atoms with Gasteiger partial charge >= 0.3 is 6.09 Å². The summed E-state index contributed by atoms with van der Waals surface area (Å²) in [5.74, 6) is 0. The number of rotatable bonds is 2. The Balaban J connectivity index is 0.000000631. The van der Waals surface area contributed by atoms with E-state index in [1.165, 1.54) is 19.3 Å². The van der Waals surface area contributed by atoms with Crippen LogP contribution in [0.15, 0.2) is 0 Å². The van der Waals surface area contributed by atoms with Crippen molar-refractivity contribution >= 4 is 28.3 Å².